The number of ether oxygens (including phenoxy) is 1. The molecule has 1 aromatic rings. The van der Waals surface area contributed by atoms with Gasteiger partial charge in [0.1, 0.15) is 4.90 Å². The highest BCUT2D eigenvalue weighted by atomic mass is 79.9. The third-order valence-corrected chi connectivity index (χ3v) is 4.25. The average molecular weight is 405 g/mol. The highest BCUT2D eigenvalue weighted by Crippen LogP contribution is 2.37. The van der Waals surface area contributed by atoms with Crippen molar-refractivity contribution in [2.75, 3.05) is 13.2 Å². The second kappa shape index (κ2) is 7.49. The van der Waals surface area contributed by atoms with Gasteiger partial charge in [-0.15, -0.1) is 0 Å². The molecule has 0 saturated carbocycles. The minimum absolute atomic E-state index is 0.00735. The van der Waals surface area contributed by atoms with Gasteiger partial charge in [0.15, 0.2) is 5.75 Å². The van der Waals surface area contributed by atoms with Gasteiger partial charge in [0.25, 0.3) is 9.05 Å². The fourth-order valence-corrected chi connectivity index (χ4v) is 3.46. The van der Waals surface area contributed by atoms with E-state index in [1.165, 1.54) is 12.1 Å². The van der Waals surface area contributed by atoms with Crippen LogP contribution < -0.4 is 10.1 Å². The number of carbonyl (C=O) groups excluding carboxylic acids is 1. The summed E-state index contributed by atoms with van der Waals surface area (Å²) in [5.74, 6) is -0.259. The van der Waals surface area contributed by atoms with Crippen molar-refractivity contribution in [1.29, 1.82) is 0 Å². The minimum atomic E-state index is -4.01. The van der Waals surface area contributed by atoms with Crippen LogP contribution in [0.3, 0.4) is 0 Å². The number of hydrogen-bond donors (Lipinski definition) is 1. The smallest absolute Gasteiger partial charge is 0.265 e. The molecule has 0 bridgehead atoms. The largest absolute Gasteiger partial charge is 0.490 e. The van der Waals surface area contributed by atoms with E-state index in [1.54, 1.807) is 6.92 Å². The van der Waals surface area contributed by atoms with E-state index < -0.39 is 9.05 Å². The molecule has 0 atom stereocenters. The van der Waals surface area contributed by atoms with Crippen LogP contribution in [0.25, 0.3) is 0 Å². The third kappa shape index (κ3) is 5.12. The number of halogens is 3. The molecule has 0 aliphatic heterocycles. The van der Waals surface area contributed by atoms with E-state index in [2.05, 4.69) is 21.2 Å². The summed E-state index contributed by atoms with van der Waals surface area (Å²) in [6, 6.07) is 2.77. The molecular formula is C11H12BrCl2NO4S. The molecule has 0 fully saturated rings. The minimum Gasteiger partial charge on any atom is -0.490 e. The van der Waals surface area contributed by atoms with Crippen LogP contribution in [-0.4, -0.2) is 27.5 Å². The lowest BCUT2D eigenvalue weighted by Crippen LogP contribution is -2.24. The van der Waals surface area contributed by atoms with E-state index in [0.717, 1.165) is 0 Å². The maximum Gasteiger partial charge on any atom is 0.265 e. The van der Waals surface area contributed by atoms with Crippen LogP contribution in [0.5, 0.6) is 5.75 Å². The second-order valence-corrected chi connectivity index (χ2v) is 7.56. The molecule has 1 amide bonds. The number of amides is 1. The van der Waals surface area contributed by atoms with Crippen molar-refractivity contribution in [2.24, 2.45) is 0 Å². The van der Waals surface area contributed by atoms with E-state index in [-0.39, 0.29) is 34.6 Å². The summed E-state index contributed by atoms with van der Waals surface area (Å²) in [7, 11) is 1.33. The SMILES string of the molecule is CCNC(=O)CCOc1c(Cl)cc(Br)cc1S(=O)(=O)Cl. The van der Waals surface area contributed by atoms with Crippen molar-refractivity contribution in [3.63, 3.8) is 0 Å². The molecule has 1 N–H and O–H groups in total. The van der Waals surface area contributed by atoms with Gasteiger partial charge in [0, 0.05) is 21.7 Å². The van der Waals surface area contributed by atoms with Crippen molar-refractivity contribution in [2.45, 2.75) is 18.2 Å². The molecule has 0 aliphatic carbocycles. The van der Waals surface area contributed by atoms with Gasteiger partial charge in [0.05, 0.1) is 18.1 Å². The number of carbonyl (C=O) groups is 1. The van der Waals surface area contributed by atoms with E-state index >= 15 is 0 Å². The standard InChI is InChI=1S/C11H12BrCl2NO4S/c1-2-15-10(16)3-4-19-11-8(13)5-7(12)6-9(11)20(14,17)18/h5-6H,2-4H2,1H3,(H,15,16). The summed E-state index contributed by atoms with van der Waals surface area (Å²) in [4.78, 5) is 11.0. The van der Waals surface area contributed by atoms with Crippen LogP contribution in [0.2, 0.25) is 5.02 Å². The first-order valence-corrected chi connectivity index (χ1v) is 9.07. The summed E-state index contributed by atoms with van der Waals surface area (Å²) in [5, 5.41) is 2.69. The van der Waals surface area contributed by atoms with Gasteiger partial charge in [-0.2, -0.15) is 0 Å². The summed E-state index contributed by atoms with van der Waals surface area (Å²) in [6.07, 6.45) is 0.0853. The zero-order chi connectivity index (χ0) is 15.3. The van der Waals surface area contributed by atoms with Crippen molar-refractivity contribution in [3.05, 3.63) is 21.6 Å². The molecular weight excluding hydrogens is 393 g/mol. The maximum atomic E-state index is 11.5. The molecule has 20 heavy (non-hydrogen) atoms. The van der Waals surface area contributed by atoms with E-state index in [4.69, 9.17) is 27.0 Å². The van der Waals surface area contributed by atoms with Gasteiger partial charge in [-0.05, 0) is 19.1 Å². The summed E-state index contributed by atoms with van der Waals surface area (Å²) in [6.45, 7) is 2.30. The van der Waals surface area contributed by atoms with Crippen molar-refractivity contribution in [1.82, 2.24) is 5.32 Å². The molecule has 0 aliphatic rings. The molecule has 5 nitrogen and oxygen atoms in total. The first-order valence-electron chi connectivity index (χ1n) is 5.59. The van der Waals surface area contributed by atoms with Crippen molar-refractivity contribution >= 4 is 53.2 Å². The Kier molecular flexibility index (Phi) is 6.57. The van der Waals surface area contributed by atoms with Crippen LogP contribution in [0.15, 0.2) is 21.5 Å². The monoisotopic (exact) mass is 403 g/mol. The number of hydrogen-bond acceptors (Lipinski definition) is 4. The molecule has 0 heterocycles. The second-order valence-electron chi connectivity index (χ2n) is 3.70. The highest BCUT2D eigenvalue weighted by Gasteiger charge is 2.21. The lowest BCUT2D eigenvalue weighted by atomic mass is 10.3. The molecule has 1 aromatic carbocycles. The molecule has 0 radical (unpaired) electrons. The quantitative estimate of drug-likeness (QED) is 0.739. The average Bonchev–Trinajstić information content (AvgIpc) is 2.30. The first-order chi connectivity index (χ1) is 9.25. The van der Waals surface area contributed by atoms with Gasteiger partial charge in [-0.3, -0.25) is 4.79 Å². The molecule has 0 saturated heterocycles. The Morgan fingerprint density at radius 1 is 1.45 bits per heavy atom. The van der Waals surface area contributed by atoms with Crippen molar-refractivity contribution in [3.8, 4) is 5.75 Å². The Morgan fingerprint density at radius 3 is 2.65 bits per heavy atom. The number of nitrogens with one attached hydrogen (secondary N) is 1. The van der Waals surface area contributed by atoms with Gasteiger partial charge in [-0.1, -0.05) is 27.5 Å². The Labute approximate surface area is 135 Å². The predicted octanol–water partition coefficient (Wildman–Crippen LogP) is 2.94. The molecule has 0 unspecified atom stereocenters. The fraction of sp³-hybridized carbons (Fsp3) is 0.364. The Balaban J connectivity index is 2.92. The van der Waals surface area contributed by atoms with Crippen LogP contribution in [0.1, 0.15) is 13.3 Å². The third-order valence-electron chi connectivity index (χ3n) is 2.19. The van der Waals surface area contributed by atoms with E-state index in [9.17, 15) is 13.2 Å². The van der Waals surface area contributed by atoms with Gasteiger partial charge in [0.2, 0.25) is 5.91 Å². The molecule has 0 aromatic heterocycles. The topological polar surface area (TPSA) is 72.5 Å². The normalized spacial score (nSPS) is 11.2. The number of rotatable bonds is 6. The predicted molar refractivity (Wildman–Crippen MR) is 81.0 cm³/mol. The van der Waals surface area contributed by atoms with Gasteiger partial charge in [-0.25, -0.2) is 8.42 Å². The molecule has 0 spiro atoms. The summed E-state index contributed by atoms with van der Waals surface area (Å²) < 4.78 is 28.7. The van der Waals surface area contributed by atoms with Crippen LogP contribution in [0, 0.1) is 0 Å². The maximum absolute atomic E-state index is 11.5. The zero-order valence-corrected chi connectivity index (χ0v) is 14.4. The zero-order valence-electron chi connectivity index (χ0n) is 10.5. The Hall–Kier alpha value is -0.500. The highest BCUT2D eigenvalue weighted by molar-refractivity contribution is 9.10. The van der Waals surface area contributed by atoms with E-state index in [0.29, 0.717) is 11.0 Å². The lowest BCUT2D eigenvalue weighted by Gasteiger charge is -2.12. The lowest BCUT2D eigenvalue weighted by molar-refractivity contribution is -0.121. The van der Waals surface area contributed by atoms with Gasteiger partial charge >= 0.3 is 0 Å². The molecule has 1 rings (SSSR count). The summed E-state index contributed by atoms with van der Waals surface area (Å²) in [5.41, 5.74) is 0. The fourth-order valence-electron chi connectivity index (χ4n) is 1.39. The van der Waals surface area contributed by atoms with E-state index in [1.807, 2.05) is 0 Å². The van der Waals surface area contributed by atoms with Crippen molar-refractivity contribution < 1.29 is 17.9 Å². The summed E-state index contributed by atoms with van der Waals surface area (Å²) >= 11 is 9.06. The first kappa shape index (κ1) is 17.6. The van der Waals surface area contributed by atoms with Crippen LogP contribution in [-0.2, 0) is 13.8 Å². The van der Waals surface area contributed by atoms with Crippen LogP contribution in [0.4, 0.5) is 0 Å². The Bertz CT molecular complexity index is 607. The molecule has 112 valence electrons. The molecule has 9 heteroatoms. The van der Waals surface area contributed by atoms with Crippen LogP contribution >= 0.6 is 38.2 Å². The Morgan fingerprint density at radius 2 is 2.10 bits per heavy atom. The number of benzene rings is 1. The van der Waals surface area contributed by atoms with Gasteiger partial charge < -0.3 is 10.1 Å².